The van der Waals surface area contributed by atoms with Crippen molar-refractivity contribution in [2.45, 2.75) is 6.54 Å². The quantitative estimate of drug-likeness (QED) is 0.474. The molecule has 2 aromatic heterocycles. The van der Waals surface area contributed by atoms with Gasteiger partial charge in [0.2, 0.25) is 5.82 Å². The van der Waals surface area contributed by atoms with Crippen LogP contribution in [-0.4, -0.2) is 30.9 Å². The van der Waals surface area contributed by atoms with E-state index in [1.54, 1.807) is 23.0 Å². The van der Waals surface area contributed by atoms with E-state index in [9.17, 15) is 4.79 Å². The number of nitrogens with two attached hydrogens (primary N) is 1. The van der Waals surface area contributed by atoms with Crippen molar-refractivity contribution >= 4 is 39.3 Å². The number of amides is 1. The van der Waals surface area contributed by atoms with E-state index in [0.29, 0.717) is 17.9 Å². The van der Waals surface area contributed by atoms with Crippen LogP contribution >= 0.6 is 0 Å². The van der Waals surface area contributed by atoms with Gasteiger partial charge in [-0.15, -0.1) is 0 Å². The first-order chi connectivity index (χ1) is 14.7. The van der Waals surface area contributed by atoms with Gasteiger partial charge in [-0.3, -0.25) is 4.79 Å². The van der Waals surface area contributed by atoms with Crippen LogP contribution in [0, 0.1) is 6.07 Å². The summed E-state index contributed by atoms with van der Waals surface area (Å²) in [4.78, 5) is 21.8. The van der Waals surface area contributed by atoms with Crippen LogP contribution in [-0.2, 0) is 6.54 Å². The number of benzene rings is 3. The Morgan fingerprint density at radius 3 is 2.67 bits per heavy atom. The summed E-state index contributed by atoms with van der Waals surface area (Å²) in [5.74, 6) is -0.264. The summed E-state index contributed by atoms with van der Waals surface area (Å²) in [7, 11) is 0. The first-order valence-corrected chi connectivity index (χ1v) is 9.29. The van der Waals surface area contributed by atoms with Crippen molar-refractivity contribution in [3.63, 3.8) is 0 Å². The number of rotatable bonds is 5. The van der Waals surface area contributed by atoms with E-state index in [1.165, 1.54) is 0 Å². The molecular weight excluding hydrogens is 378 g/mol. The molecule has 1 amide bonds. The molecule has 0 spiro atoms. The molecule has 0 aliphatic rings. The predicted molar refractivity (Wildman–Crippen MR) is 113 cm³/mol. The molecule has 3 N–H and O–H groups in total. The lowest BCUT2D eigenvalue weighted by molar-refractivity contribution is 0.0991. The van der Waals surface area contributed by atoms with E-state index in [-0.39, 0.29) is 5.82 Å². The zero-order valence-corrected chi connectivity index (χ0v) is 15.8. The Balaban J connectivity index is 1.49. The highest BCUT2D eigenvalue weighted by molar-refractivity contribution is 5.96. The van der Waals surface area contributed by atoms with Crippen molar-refractivity contribution < 1.29 is 4.79 Å². The van der Waals surface area contributed by atoms with Gasteiger partial charge < -0.3 is 11.1 Å². The lowest BCUT2D eigenvalue weighted by atomic mass is 10.2. The molecule has 0 saturated carbocycles. The summed E-state index contributed by atoms with van der Waals surface area (Å²) in [5, 5.41) is 13.1. The molecule has 1 radical (unpaired) electrons. The summed E-state index contributed by atoms with van der Waals surface area (Å²) in [5.41, 5.74) is 9.41. The summed E-state index contributed by atoms with van der Waals surface area (Å²) >= 11 is 0. The van der Waals surface area contributed by atoms with Gasteiger partial charge in [0.15, 0.2) is 0 Å². The molecule has 0 aliphatic carbocycles. The van der Waals surface area contributed by atoms with E-state index < -0.39 is 5.91 Å². The average molecular weight is 394 g/mol. The monoisotopic (exact) mass is 394 g/mol. The average Bonchev–Trinajstić information content (AvgIpc) is 3.16. The lowest BCUT2D eigenvalue weighted by Crippen LogP contribution is -2.16. The number of fused-ring (bicyclic) bond motifs is 2. The van der Waals surface area contributed by atoms with Crippen molar-refractivity contribution in [3.8, 4) is 0 Å². The highest BCUT2D eigenvalue weighted by Gasteiger charge is 2.12. The smallest absolute Gasteiger partial charge is 0.286 e. The van der Waals surface area contributed by atoms with Crippen LogP contribution in [0.5, 0.6) is 0 Å². The van der Waals surface area contributed by atoms with Gasteiger partial charge in [0.25, 0.3) is 5.91 Å². The minimum Gasteiger partial charge on any atom is -0.363 e. The number of carbonyl (C=O) groups excluding carboxylic acids is 1. The molecule has 30 heavy (non-hydrogen) atoms. The molecular formula is C22H16N7O. The van der Waals surface area contributed by atoms with Gasteiger partial charge in [0.1, 0.15) is 16.9 Å². The van der Waals surface area contributed by atoms with Crippen LogP contribution < -0.4 is 11.1 Å². The fourth-order valence-electron chi connectivity index (χ4n) is 3.21. The van der Waals surface area contributed by atoms with Crippen molar-refractivity contribution in [1.82, 2.24) is 25.0 Å². The maximum Gasteiger partial charge on any atom is 0.286 e. The third-order valence-corrected chi connectivity index (χ3v) is 4.61. The zero-order valence-electron chi connectivity index (χ0n) is 15.8. The fourth-order valence-corrected chi connectivity index (χ4v) is 3.21. The molecule has 0 saturated heterocycles. The van der Waals surface area contributed by atoms with Gasteiger partial charge in [-0.25, -0.2) is 9.97 Å². The Hall–Kier alpha value is -4.33. The summed E-state index contributed by atoms with van der Waals surface area (Å²) in [6.07, 6.45) is 0. The molecule has 0 aliphatic heterocycles. The number of carbonyl (C=O) groups is 1. The lowest BCUT2D eigenvalue weighted by Gasteiger charge is -2.09. The summed E-state index contributed by atoms with van der Waals surface area (Å²) in [6, 6.07) is 23.9. The Bertz CT molecular complexity index is 1380. The molecule has 5 rings (SSSR count). The van der Waals surface area contributed by atoms with Crippen LogP contribution in [0.4, 0.5) is 11.5 Å². The normalized spacial score (nSPS) is 11.1. The second-order valence-electron chi connectivity index (χ2n) is 6.75. The topological polar surface area (TPSA) is 112 Å². The molecule has 8 heteroatoms. The maximum absolute atomic E-state index is 11.6. The van der Waals surface area contributed by atoms with Crippen molar-refractivity contribution in [2.24, 2.45) is 5.73 Å². The number of nitrogens with zero attached hydrogens (tertiary/aromatic N) is 5. The van der Waals surface area contributed by atoms with Gasteiger partial charge in [0, 0.05) is 11.1 Å². The number of anilines is 2. The minimum atomic E-state index is -0.688. The molecule has 3 aromatic carbocycles. The van der Waals surface area contributed by atoms with Gasteiger partial charge >= 0.3 is 0 Å². The highest BCUT2D eigenvalue weighted by atomic mass is 16.1. The zero-order chi connectivity index (χ0) is 20.5. The SMILES string of the molecule is NC(=O)c1nc(Nc2ccc3nn(Cc4ccccc4)nc3c2)c2c[c]ccc2n1. The van der Waals surface area contributed by atoms with Crippen LogP contribution in [0.25, 0.3) is 21.9 Å². The first-order valence-electron chi connectivity index (χ1n) is 9.29. The second kappa shape index (κ2) is 7.25. The Kier molecular flexibility index (Phi) is 4.29. The molecule has 0 atom stereocenters. The van der Waals surface area contributed by atoms with Gasteiger partial charge in [-0.05, 0) is 42.0 Å². The van der Waals surface area contributed by atoms with Crippen molar-refractivity contribution in [2.75, 3.05) is 5.32 Å². The Morgan fingerprint density at radius 1 is 1.00 bits per heavy atom. The fraction of sp³-hybridized carbons (Fsp3) is 0.0455. The molecule has 145 valence electrons. The summed E-state index contributed by atoms with van der Waals surface area (Å²) < 4.78 is 0. The van der Waals surface area contributed by atoms with E-state index >= 15 is 0 Å². The third-order valence-electron chi connectivity index (χ3n) is 4.61. The molecule has 0 unspecified atom stereocenters. The Morgan fingerprint density at radius 2 is 1.83 bits per heavy atom. The second-order valence-corrected chi connectivity index (χ2v) is 6.75. The van der Waals surface area contributed by atoms with Gasteiger partial charge in [0.05, 0.1) is 12.1 Å². The van der Waals surface area contributed by atoms with Crippen LogP contribution in [0.15, 0.2) is 66.7 Å². The molecule has 5 aromatic rings. The number of primary amides is 1. The van der Waals surface area contributed by atoms with Crippen LogP contribution in [0.2, 0.25) is 0 Å². The van der Waals surface area contributed by atoms with Crippen LogP contribution in [0.1, 0.15) is 16.2 Å². The standard InChI is InChI=1S/C22H16N7O/c23-20(30)22-25-17-9-5-4-8-16(17)21(26-22)24-15-10-11-18-19(12-15)28-29(27-18)13-14-6-2-1-3-7-14/h1-3,5-12H,13H2,(H2,23,30)(H,24,25,26). The van der Waals surface area contributed by atoms with E-state index in [4.69, 9.17) is 5.73 Å². The number of aromatic nitrogens is 5. The highest BCUT2D eigenvalue weighted by Crippen LogP contribution is 2.25. The predicted octanol–water partition coefficient (Wildman–Crippen LogP) is 3.07. The van der Waals surface area contributed by atoms with E-state index in [0.717, 1.165) is 27.7 Å². The third kappa shape index (κ3) is 3.42. The van der Waals surface area contributed by atoms with Crippen molar-refractivity contribution in [1.29, 1.82) is 0 Å². The van der Waals surface area contributed by atoms with Gasteiger partial charge in [-0.1, -0.05) is 36.4 Å². The van der Waals surface area contributed by atoms with Crippen molar-refractivity contribution in [3.05, 3.63) is 84.2 Å². The molecule has 0 bridgehead atoms. The largest absolute Gasteiger partial charge is 0.363 e. The number of hydrogen-bond donors (Lipinski definition) is 2. The molecule has 2 heterocycles. The van der Waals surface area contributed by atoms with Crippen LogP contribution in [0.3, 0.4) is 0 Å². The molecule has 8 nitrogen and oxygen atoms in total. The number of hydrogen-bond acceptors (Lipinski definition) is 6. The van der Waals surface area contributed by atoms with E-state index in [1.807, 2.05) is 48.5 Å². The summed E-state index contributed by atoms with van der Waals surface area (Å²) in [6.45, 7) is 0.590. The first kappa shape index (κ1) is 17.7. The Labute approximate surface area is 171 Å². The van der Waals surface area contributed by atoms with E-state index in [2.05, 4.69) is 31.5 Å². The molecule has 0 fully saturated rings. The minimum absolute atomic E-state index is 0.0499. The number of nitrogens with one attached hydrogen (secondary N) is 1. The maximum atomic E-state index is 11.6. The van der Waals surface area contributed by atoms with Gasteiger partial charge in [-0.2, -0.15) is 15.0 Å².